The van der Waals surface area contributed by atoms with Crippen LogP contribution in [-0.2, 0) is 4.79 Å². The molecule has 0 fully saturated rings. The molecule has 0 aromatic heterocycles. The van der Waals surface area contributed by atoms with Crippen molar-refractivity contribution in [2.24, 2.45) is 5.92 Å². The number of rotatable bonds is 6. The van der Waals surface area contributed by atoms with E-state index in [0.717, 1.165) is 13.0 Å². The molecule has 0 saturated heterocycles. The lowest BCUT2D eigenvalue weighted by Crippen LogP contribution is -2.42. The summed E-state index contributed by atoms with van der Waals surface area (Å²) >= 11 is 0. The first-order valence-corrected chi connectivity index (χ1v) is 5.58. The molecule has 15 heavy (non-hydrogen) atoms. The number of urea groups is 1. The highest BCUT2D eigenvalue weighted by Crippen LogP contribution is 1.94. The van der Waals surface area contributed by atoms with E-state index >= 15 is 0 Å². The van der Waals surface area contributed by atoms with Crippen LogP contribution in [0.15, 0.2) is 0 Å². The van der Waals surface area contributed by atoms with Crippen LogP contribution in [0.25, 0.3) is 0 Å². The van der Waals surface area contributed by atoms with Crippen LogP contribution in [0.5, 0.6) is 0 Å². The van der Waals surface area contributed by atoms with Gasteiger partial charge in [-0.2, -0.15) is 0 Å². The first-order chi connectivity index (χ1) is 7.02. The molecule has 0 heterocycles. The third kappa shape index (κ3) is 5.40. The predicted molar refractivity (Wildman–Crippen MR) is 60.8 cm³/mol. The standard InChI is InChI=1S/C11H22N2O2/c1-5-7-13(6-2)11(15)12-8-10(14)9(3)4/h9H,5-8H2,1-4H3,(H,12,15). The number of ketones is 1. The van der Waals surface area contributed by atoms with Crippen molar-refractivity contribution in [2.75, 3.05) is 19.6 Å². The molecule has 0 radical (unpaired) electrons. The lowest BCUT2D eigenvalue weighted by Gasteiger charge is -2.20. The number of hydrogen-bond acceptors (Lipinski definition) is 2. The summed E-state index contributed by atoms with van der Waals surface area (Å²) in [6.07, 6.45) is 0.930. The van der Waals surface area contributed by atoms with Gasteiger partial charge in [0.2, 0.25) is 0 Å². The lowest BCUT2D eigenvalue weighted by molar-refractivity contribution is -0.120. The van der Waals surface area contributed by atoms with E-state index in [-0.39, 0.29) is 24.3 Å². The second kappa shape index (κ2) is 7.26. The molecule has 0 rings (SSSR count). The molecule has 0 spiro atoms. The average Bonchev–Trinajstić information content (AvgIpc) is 2.21. The van der Waals surface area contributed by atoms with Gasteiger partial charge in [0, 0.05) is 19.0 Å². The van der Waals surface area contributed by atoms with Gasteiger partial charge in [0.15, 0.2) is 5.78 Å². The van der Waals surface area contributed by atoms with Crippen molar-refractivity contribution in [1.29, 1.82) is 0 Å². The second-order valence-electron chi connectivity index (χ2n) is 3.86. The molecule has 0 aromatic rings. The third-order valence-corrected chi connectivity index (χ3v) is 2.22. The van der Waals surface area contributed by atoms with Crippen molar-refractivity contribution < 1.29 is 9.59 Å². The third-order valence-electron chi connectivity index (χ3n) is 2.22. The number of amides is 2. The molecule has 0 aliphatic rings. The normalized spacial score (nSPS) is 10.2. The van der Waals surface area contributed by atoms with Crippen LogP contribution in [0, 0.1) is 5.92 Å². The van der Waals surface area contributed by atoms with Crippen molar-refractivity contribution in [1.82, 2.24) is 10.2 Å². The minimum atomic E-state index is -0.145. The van der Waals surface area contributed by atoms with E-state index in [0.29, 0.717) is 6.54 Å². The molecule has 4 nitrogen and oxygen atoms in total. The molecule has 1 N–H and O–H groups in total. The first kappa shape index (κ1) is 13.9. The van der Waals surface area contributed by atoms with Gasteiger partial charge in [0.25, 0.3) is 0 Å². The highest BCUT2D eigenvalue weighted by Gasteiger charge is 2.12. The Bertz CT molecular complexity index is 215. The Hall–Kier alpha value is -1.06. The molecular weight excluding hydrogens is 192 g/mol. The van der Waals surface area contributed by atoms with Gasteiger partial charge in [-0.25, -0.2) is 4.79 Å². The fraction of sp³-hybridized carbons (Fsp3) is 0.818. The molecule has 0 aliphatic heterocycles. The second-order valence-corrected chi connectivity index (χ2v) is 3.86. The molecule has 88 valence electrons. The topological polar surface area (TPSA) is 49.4 Å². The highest BCUT2D eigenvalue weighted by molar-refractivity contribution is 5.86. The van der Waals surface area contributed by atoms with Gasteiger partial charge in [-0.15, -0.1) is 0 Å². The van der Waals surface area contributed by atoms with E-state index in [4.69, 9.17) is 0 Å². The molecule has 0 bridgehead atoms. The molecule has 0 aliphatic carbocycles. The maximum atomic E-state index is 11.6. The fourth-order valence-electron chi connectivity index (χ4n) is 1.15. The van der Waals surface area contributed by atoms with Gasteiger partial charge in [-0.05, 0) is 13.3 Å². The Morgan fingerprint density at radius 1 is 1.27 bits per heavy atom. The molecule has 0 saturated carbocycles. The zero-order chi connectivity index (χ0) is 11.8. The van der Waals surface area contributed by atoms with Crippen molar-refractivity contribution in [2.45, 2.75) is 34.1 Å². The van der Waals surface area contributed by atoms with Crippen LogP contribution in [0.3, 0.4) is 0 Å². The number of hydrogen-bond donors (Lipinski definition) is 1. The zero-order valence-electron chi connectivity index (χ0n) is 10.2. The monoisotopic (exact) mass is 214 g/mol. The average molecular weight is 214 g/mol. The maximum absolute atomic E-state index is 11.6. The largest absolute Gasteiger partial charge is 0.331 e. The van der Waals surface area contributed by atoms with Crippen LogP contribution in [0.4, 0.5) is 4.79 Å². The van der Waals surface area contributed by atoms with Crippen LogP contribution in [-0.4, -0.2) is 36.3 Å². The number of Topliss-reactive ketones (excluding diaryl/α,β-unsaturated/α-hetero) is 1. The van der Waals surface area contributed by atoms with Crippen molar-refractivity contribution in [3.05, 3.63) is 0 Å². The van der Waals surface area contributed by atoms with Crippen LogP contribution in [0.2, 0.25) is 0 Å². The summed E-state index contributed by atoms with van der Waals surface area (Å²) in [5.41, 5.74) is 0. The van der Waals surface area contributed by atoms with Crippen LogP contribution >= 0.6 is 0 Å². The molecule has 4 heteroatoms. The summed E-state index contributed by atoms with van der Waals surface area (Å²) in [5, 5.41) is 2.64. The van der Waals surface area contributed by atoms with Crippen molar-refractivity contribution >= 4 is 11.8 Å². The van der Waals surface area contributed by atoms with Gasteiger partial charge >= 0.3 is 6.03 Å². The summed E-state index contributed by atoms with van der Waals surface area (Å²) in [4.78, 5) is 24.5. The van der Waals surface area contributed by atoms with E-state index in [1.54, 1.807) is 4.90 Å². The first-order valence-electron chi connectivity index (χ1n) is 5.58. The highest BCUT2D eigenvalue weighted by atomic mass is 16.2. The molecule has 0 aromatic carbocycles. The van der Waals surface area contributed by atoms with Crippen molar-refractivity contribution in [3.63, 3.8) is 0 Å². The number of carbonyl (C=O) groups is 2. The number of carbonyl (C=O) groups excluding carboxylic acids is 2. The summed E-state index contributed by atoms with van der Waals surface area (Å²) in [7, 11) is 0. The lowest BCUT2D eigenvalue weighted by atomic mass is 10.1. The Morgan fingerprint density at radius 2 is 1.87 bits per heavy atom. The zero-order valence-corrected chi connectivity index (χ0v) is 10.2. The predicted octanol–water partition coefficient (Wildman–Crippen LogP) is 1.65. The van der Waals surface area contributed by atoms with Gasteiger partial charge in [-0.3, -0.25) is 4.79 Å². The molecule has 0 unspecified atom stereocenters. The van der Waals surface area contributed by atoms with Crippen LogP contribution < -0.4 is 5.32 Å². The summed E-state index contributed by atoms with van der Waals surface area (Å²) < 4.78 is 0. The molecule has 2 amide bonds. The van der Waals surface area contributed by atoms with Gasteiger partial charge < -0.3 is 10.2 Å². The quantitative estimate of drug-likeness (QED) is 0.731. The summed E-state index contributed by atoms with van der Waals surface area (Å²) in [6, 6.07) is -0.145. The fourth-order valence-corrected chi connectivity index (χ4v) is 1.15. The summed E-state index contributed by atoms with van der Waals surface area (Å²) in [6.45, 7) is 9.16. The van der Waals surface area contributed by atoms with E-state index in [1.165, 1.54) is 0 Å². The maximum Gasteiger partial charge on any atom is 0.317 e. The van der Waals surface area contributed by atoms with E-state index in [2.05, 4.69) is 5.32 Å². The van der Waals surface area contributed by atoms with E-state index in [1.807, 2.05) is 27.7 Å². The Morgan fingerprint density at radius 3 is 2.27 bits per heavy atom. The Balaban J connectivity index is 3.95. The molecule has 0 atom stereocenters. The number of nitrogens with zero attached hydrogens (tertiary/aromatic N) is 1. The van der Waals surface area contributed by atoms with Crippen LogP contribution in [0.1, 0.15) is 34.1 Å². The minimum Gasteiger partial charge on any atom is -0.331 e. The smallest absolute Gasteiger partial charge is 0.317 e. The number of nitrogens with one attached hydrogen (secondary N) is 1. The van der Waals surface area contributed by atoms with E-state index in [9.17, 15) is 9.59 Å². The molecular formula is C11H22N2O2. The van der Waals surface area contributed by atoms with E-state index < -0.39 is 0 Å². The summed E-state index contributed by atoms with van der Waals surface area (Å²) in [5.74, 6) is 0.0439. The minimum absolute atomic E-state index is 0.0217. The van der Waals surface area contributed by atoms with Gasteiger partial charge in [0.05, 0.1) is 6.54 Å². The Labute approximate surface area is 92.0 Å². The SMILES string of the molecule is CCCN(CC)C(=O)NCC(=O)C(C)C. The van der Waals surface area contributed by atoms with Gasteiger partial charge in [0.1, 0.15) is 0 Å². The van der Waals surface area contributed by atoms with Gasteiger partial charge in [-0.1, -0.05) is 20.8 Å². The Kier molecular flexibility index (Phi) is 6.75. The van der Waals surface area contributed by atoms with Crippen molar-refractivity contribution in [3.8, 4) is 0 Å².